The molecule has 1 aliphatic rings. The van der Waals surface area contributed by atoms with Crippen molar-refractivity contribution in [2.75, 3.05) is 0 Å². The summed E-state index contributed by atoms with van der Waals surface area (Å²) in [4.78, 5) is -0.591. The summed E-state index contributed by atoms with van der Waals surface area (Å²) >= 11 is 1.71. The first-order valence-corrected chi connectivity index (χ1v) is 10.8. The summed E-state index contributed by atoms with van der Waals surface area (Å²) in [5, 5.41) is 10.6. The van der Waals surface area contributed by atoms with E-state index in [0.29, 0.717) is 0 Å². The number of azo groups is 1. The third-order valence-electron chi connectivity index (χ3n) is 5.19. The second-order valence-electron chi connectivity index (χ2n) is 7.09. The van der Waals surface area contributed by atoms with Gasteiger partial charge in [0.05, 0.1) is 0 Å². The van der Waals surface area contributed by atoms with Crippen LogP contribution in [-0.2, 0) is 4.87 Å². The van der Waals surface area contributed by atoms with Gasteiger partial charge in [-0.1, -0.05) is 133 Å². The molecule has 0 spiro atoms. The third kappa shape index (κ3) is 3.38. The van der Waals surface area contributed by atoms with Crippen molar-refractivity contribution in [1.29, 1.82) is 0 Å². The third-order valence-corrected chi connectivity index (χ3v) is 6.52. The molecule has 0 aliphatic carbocycles. The monoisotopic (exact) mass is 404 g/mol. The van der Waals surface area contributed by atoms with E-state index in [-0.39, 0.29) is 0 Å². The average molecular weight is 405 g/mol. The summed E-state index contributed by atoms with van der Waals surface area (Å²) in [6, 6.07) is 41.7. The van der Waals surface area contributed by atoms with Gasteiger partial charge in [-0.3, -0.25) is 0 Å². The van der Waals surface area contributed by atoms with Crippen LogP contribution in [0.1, 0.15) is 22.3 Å². The van der Waals surface area contributed by atoms with E-state index in [1.54, 1.807) is 11.8 Å². The van der Waals surface area contributed by atoms with Crippen molar-refractivity contribution >= 4 is 17.3 Å². The van der Waals surface area contributed by atoms with Crippen LogP contribution in [-0.4, -0.2) is 0 Å². The second-order valence-corrected chi connectivity index (χ2v) is 8.27. The van der Waals surface area contributed by atoms with Crippen LogP contribution in [0.5, 0.6) is 0 Å². The minimum absolute atomic E-state index is 0.591. The zero-order valence-corrected chi connectivity index (χ0v) is 17.2. The van der Waals surface area contributed by atoms with Crippen molar-refractivity contribution < 1.29 is 0 Å². The van der Waals surface area contributed by atoms with E-state index < -0.39 is 4.87 Å². The molecule has 3 heteroatoms. The van der Waals surface area contributed by atoms with Crippen LogP contribution in [0, 0.1) is 0 Å². The lowest BCUT2D eigenvalue weighted by Crippen LogP contribution is -2.18. The predicted molar refractivity (Wildman–Crippen MR) is 125 cm³/mol. The first kappa shape index (κ1) is 18.6. The number of rotatable bonds is 4. The normalized spacial score (nSPS) is 14.6. The van der Waals surface area contributed by atoms with Gasteiger partial charge >= 0.3 is 0 Å². The molecule has 0 bridgehead atoms. The molecule has 0 fully saturated rings. The molecule has 0 unspecified atom stereocenters. The van der Waals surface area contributed by atoms with Gasteiger partial charge in [-0.05, 0) is 22.3 Å². The van der Waals surface area contributed by atoms with Crippen LogP contribution in [0.2, 0.25) is 0 Å². The number of thioether (sulfide) groups is 1. The molecule has 30 heavy (non-hydrogen) atoms. The Bertz CT molecular complexity index is 1100. The highest BCUT2D eigenvalue weighted by Gasteiger charge is 2.41. The molecule has 0 aromatic heterocycles. The Morgan fingerprint density at radius 3 is 1.37 bits per heavy atom. The molecular weight excluding hydrogens is 384 g/mol. The summed E-state index contributed by atoms with van der Waals surface area (Å²) in [5.74, 6) is 0. The molecule has 0 atom stereocenters. The zero-order valence-electron chi connectivity index (χ0n) is 16.3. The molecule has 144 valence electrons. The summed E-state index contributed by atoms with van der Waals surface area (Å²) in [6.45, 7) is 0. The molecule has 0 N–H and O–H groups in total. The highest BCUT2D eigenvalue weighted by molar-refractivity contribution is 8.04. The smallest absolute Gasteiger partial charge is 0.160 e. The Kier molecular flexibility index (Phi) is 5.04. The van der Waals surface area contributed by atoms with Gasteiger partial charge in [-0.15, -0.1) is 5.11 Å². The molecule has 4 aromatic carbocycles. The Morgan fingerprint density at radius 2 is 0.933 bits per heavy atom. The maximum Gasteiger partial charge on any atom is 0.183 e. The first-order valence-electron chi connectivity index (χ1n) is 9.95. The fraction of sp³-hybridized carbons (Fsp3) is 0.0370. The molecule has 1 heterocycles. The number of nitrogens with zero attached hydrogens (tertiary/aromatic N) is 2. The van der Waals surface area contributed by atoms with Gasteiger partial charge < -0.3 is 0 Å². The molecule has 2 nitrogen and oxygen atoms in total. The van der Waals surface area contributed by atoms with E-state index >= 15 is 0 Å². The Hall–Kier alpha value is -3.43. The quantitative estimate of drug-likeness (QED) is 0.345. The Morgan fingerprint density at radius 1 is 0.533 bits per heavy atom. The molecule has 5 rings (SSSR count). The van der Waals surface area contributed by atoms with E-state index in [4.69, 9.17) is 10.2 Å². The largest absolute Gasteiger partial charge is 0.183 e. The van der Waals surface area contributed by atoms with E-state index in [1.807, 2.05) is 24.3 Å². The molecule has 0 saturated heterocycles. The number of hydrogen-bond acceptors (Lipinski definition) is 3. The lowest BCUT2D eigenvalue weighted by atomic mass is 9.99. The molecular formula is C27H20N2S. The van der Waals surface area contributed by atoms with Crippen LogP contribution in [0.15, 0.2) is 137 Å². The maximum atomic E-state index is 4.89. The minimum Gasteiger partial charge on any atom is -0.160 e. The van der Waals surface area contributed by atoms with E-state index in [0.717, 1.165) is 32.9 Å². The van der Waals surface area contributed by atoms with Crippen molar-refractivity contribution in [2.24, 2.45) is 10.2 Å². The Labute approximate surface area is 181 Å². The fourth-order valence-electron chi connectivity index (χ4n) is 3.75. The minimum atomic E-state index is -0.591. The molecule has 0 radical (unpaired) electrons. The van der Waals surface area contributed by atoms with Gasteiger partial charge in [-0.2, -0.15) is 5.11 Å². The average Bonchev–Trinajstić information content (AvgIpc) is 3.28. The second kappa shape index (κ2) is 8.13. The van der Waals surface area contributed by atoms with Crippen molar-refractivity contribution in [3.63, 3.8) is 0 Å². The lowest BCUT2D eigenvalue weighted by molar-refractivity contribution is 0.760. The van der Waals surface area contributed by atoms with Crippen LogP contribution in [0.3, 0.4) is 0 Å². The van der Waals surface area contributed by atoms with Gasteiger partial charge in [0.2, 0.25) is 0 Å². The lowest BCUT2D eigenvalue weighted by Gasteiger charge is -2.25. The van der Waals surface area contributed by atoms with Crippen molar-refractivity contribution in [2.45, 2.75) is 4.87 Å². The first-order chi connectivity index (χ1) is 14.9. The van der Waals surface area contributed by atoms with Crippen molar-refractivity contribution in [3.05, 3.63) is 149 Å². The SMILES string of the molecule is c1ccc(C(=C2N=NC(c3ccccc3)(c3ccccc3)S2)c2ccccc2)cc1. The van der Waals surface area contributed by atoms with Crippen LogP contribution in [0.25, 0.3) is 5.57 Å². The van der Waals surface area contributed by atoms with E-state index in [9.17, 15) is 0 Å². The predicted octanol–water partition coefficient (Wildman–Crippen LogP) is 7.50. The standard InChI is InChI=1S/C27H20N2S/c1-5-13-21(14-6-1)25(22-15-7-2-8-16-22)26-28-29-27(30-26,23-17-9-3-10-18-23)24-19-11-4-12-20-24/h1-20H. The topological polar surface area (TPSA) is 24.7 Å². The highest BCUT2D eigenvalue weighted by atomic mass is 32.2. The molecule has 0 amide bonds. The van der Waals surface area contributed by atoms with Crippen molar-refractivity contribution in [1.82, 2.24) is 0 Å². The van der Waals surface area contributed by atoms with Crippen LogP contribution < -0.4 is 0 Å². The summed E-state index contributed by atoms with van der Waals surface area (Å²) in [7, 11) is 0. The number of benzene rings is 4. The van der Waals surface area contributed by atoms with Crippen LogP contribution in [0.4, 0.5) is 0 Å². The van der Waals surface area contributed by atoms with Crippen molar-refractivity contribution in [3.8, 4) is 0 Å². The van der Waals surface area contributed by atoms with Crippen LogP contribution >= 0.6 is 11.8 Å². The number of hydrogen-bond donors (Lipinski definition) is 0. The molecule has 1 aliphatic heterocycles. The highest BCUT2D eigenvalue weighted by Crippen LogP contribution is 2.55. The van der Waals surface area contributed by atoms with Gasteiger partial charge in [-0.25, -0.2) is 0 Å². The zero-order chi connectivity index (χ0) is 20.2. The molecule has 0 saturated carbocycles. The fourth-order valence-corrected chi connectivity index (χ4v) is 5.04. The summed E-state index contributed by atoms with van der Waals surface area (Å²) in [6.07, 6.45) is 0. The van der Waals surface area contributed by atoms with E-state index in [1.165, 1.54) is 0 Å². The van der Waals surface area contributed by atoms with E-state index in [2.05, 4.69) is 97.1 Å². The van der Waals surface area contributed by atoms with Gasteiger partial charge in [0.1, 0.15) is 5.03 Å². The van der Waals surface area contributed by atoms with Gasteiger partial charge in [0.25, 0.3) is 0 Å². The van der Waals surface area contributed by atoms with Gasteiger partial charge in [0.15, 0.2) is 4.87 Å². The summed E-state index contributed by atoms with van der Waals surface area (Å²) < 4.78 is 0. The summed E-state index contributed by atoms with van der Waals surface area (Å²) in [5.41, 5.74) is 5.64. The van der Waals surface area contributed by atoms with Gasteiger partial charge in [0, 0.05) is 5.57 Å². The molecule has 4 aromatic rings. The Balaban J connectivity index is 1.71. The maximum absolute atomic E-state index is 4.89.